The lowest BCUT2D eigenvalue weighted by molar-refractivity contribution is 0.891. The highest BCUT2D eigenvalue weighted by molar-refractivity contribution is 9.10. The molecule has 1 aromatic carbocycles. The summed E-state index contributed by atoms with van der Waals surface area (Å²) in [5.74, 6) is 0. The second-order valence-corrected chi connectivity index (χ2v) is 4.16. The predicted molar refractivity (Wildman–Crippen MR) is 63.6 cm³/mol. The van der Waals surface area contributed by atoms with Gasteiger partial charge in [-0.25, -0.2) is 9.97 Å². The van der Waals surface area contributed by atoms with Crippen molar-refractivity contribution in [2.24, 2.45) is 0 Å². The minimum absolute atomic E-state index is 0.938. The van der Waals surface area contributed by atoms with Crippen LogP contribution in [0.1, 0.15) is 11.3 Å². The molecule has 0 radical (unpaired) electrons. The first-order chi connectivity index (χ1) is 7.36. The third-order valence-electron chi connectivity index (χ3n) is 2.24. The molecule has 0 saturated carbocycles. The third kappa shape index (κ3) is 2.86. The standard InChI is InChI=1S/C12H11BrN2/c13-11-8-14-9-15-12(11)7-6-10-4-2-1-3-5-10/h1-5,8-9H,6-7H2. The molecule has 0 N–H and O–H groups in total. The zero-order valence-corrected chi connectivity index (χ0v) is 9.81. The fourth-order valence-electron chi connectivity index (χ4n) is 1.43. The molecule has 76 valence electrons. The van der Waals surface area contributed by atoms with E-state index in [1.54, 1.807) is 12.5 Å². The summed E-state index contributed by atoms with van der Waals surface area (Å²) in [7, 11) is 0. The lowest BCUT2D eigenvalue weighted by Gasteiger charge is -2.02. The van der Waals surface area contributed by atoms with Crippen LogP contribution in [0.3, 0.4) is 0 Å². The van der Waals surface area contributed by atoms with Gasteiger partial charge in [0.05, 0.1) is 10.2 Å². The molecule has 1 heterocycles. The van der Waals surface area contributed by atoms with Crippen LogP contribution in [0.4, 0.5) is 0 Å². The van der Waals surface area contributed by atoms with Gasteiger partial charge in [0, 0.05) is 6.20 Å². The van der Waals surface area contributed by atoms with E-state index in [1.807, 2.05) is 6.07 Å². The van der Waals surface area contributed by atoms with Gasteiger partial charge >= 0.3 is 0 Å². The Morgan fingerprint density at radius 1 is 1.07 bits per heavy atom. The van der Waals surface area contributed by atoms with Crippen molar-refractivity contribution in [1.29, 1.82) is 0 Å². The van der Waals surface area contributed by atoms with E-state index < -0.39 is 0 Å². The van der Waals surface area contributed by atoms with Crippen LogP contribution >= 0.6 is 15.9 Å². The van der Waals surface area contributed by atoms with Crippen LogP contribution in [0.15, 0.2) is 47.3 Å². The first kappa shape index (κ1) is 10.3. The van der Waals surface area contributed by atoms with Crippen molar-refractivity contribution in [3.63, 3.8) is 0 Å². The van der Waals surface area contributed by atoms with Crippen LogP contribution in [0.25, 0.3) is 0 Å². The molecule has 0 saturated heterocycles. The molecule has 0 unspecified atom stereocenters. The maximum Gasteiger partial charge on any atom is 0.115 e. The fraction of sp³-hybridized carbons (Fsp3) is 0.167. The number of halogens is 1. The topological polar surface area (TPSA) is 25.8 Å². The Balaban J connectivity index is 2.03. The second kappa shape index (κ2) is 5.03. The molecular weight excluding hydrogens is 252 g/mol. The van der Waals surface area contributed by atoms with E-state index in [4.69, 9.17) is 0 Å². The Bertz CT molecular complexity index is 429. The molecule has 3 heteroatoms. The quantitative estimate of drug-likeness (QED) is 0.850. The maximum atomic E-state index is 4.24. The van der Waals surface area contributed by atoms with E-state index in [1.165, 1.54) is 5.56 Å². The average molecular weight is 263 g/mol. The molecule has 0 atom stereocenters. The van der Waals surface area contributed by atoms with Crippen molar-refractivity contribution < 1.29 is 0 Å². The van der Waals surface area contributed by atoms with Crippen molar-refractivity contribution in [3.05, 3.63) is 58.6 Å². The molecule has 0 fully saturated rings. The molecule has 0 spiro atoms. The van der Waals surface area contributed by atoms with Gasteiger partial charge in [-0.2, -0.15) is 0 Å². The zero-order valence-electron chi connectivity index (χ0n) is 8.23. The van der Waals surface area contributed by atoms with Gasteiger partial charge in [0.2, 0.25) is 0 Å². The van der Waals surface area contributed by atoms with Crippen molar-refractivity contribution >= 4 is 15.9 Å². The van der Waals surface area contributed by atoms with E-state index in [0.717, 1.165) is 23.0 Å². The van der Waals surface area contributed by atoms with Crippen molar-refractivity contribution in [2.75, 3.05) is 0 Å². The molecule has 0 amide bonds. The van der Waals surface area contributed by atoms with Crippen LogP contribution in [0.5, 0.6) is 0 Å². The van der Waals surface area contributed by atoms with E-state index in [9.17, 15) is 0 Å². The number of hydrogen-bond acceptors (Lipinski definition) is 2. The lowest BCUT2D eigenvalue weighted by Crippen LogP contribution is -1.96. The summed E-state index contributed by atoms with van der Waals surface area (Å²) in [6.07, 6.45) is 5.32. The summed E-state index contributed by atoms with van der Waals surface area (Å²) >= 11 is 3.44. The Morgan fingerprint density at radius 2 is 1.87 bits per heavy atom. The molecule has 0 aliphatic heterocycles. The smallest absolute Gasteiger partial charge is 0.115 e. The summed E-state index contributed by atoms with van der Waals surface area (Å²) in [6, 6.07) is 10.4. The number of hydrogen-bond donors (Lipinski definition) is 0. The highest BCUT2D eigenvalue weighted by Crippen LogP contribution is 2.14. The van der Waals surface area contributed by atoms with Gasteiger partial charge in [0.15, 0.2) is 0 Å². The third-order valence-corrected chi connectivity index (χ3v) is 2.90. The average Bonchev–Trinajstić information content (AvgIpc) is 2.29. The van der Waals surface area contributed by atoms with Crippen molar-refractivity contribution in [2.45, 2.75) is 12.8 Å². The Labute approximate surface area is 97.5 Å². The fourth-order valence-corrected chi connectivity index (χ4v) is 1.85. The van der Waals surface area contributed by atoms with Gasteiger partial charge in [-0.3, -0.25) is 0 Å². The minimum atomic E-state index is 0.938. The molecule has 15 heavy (non-hydrogen) atoms. The molecule has 1 aromatic heterocycles. The molecule has 0 bridgehead atoms. The Morgan fingerprint density at radius 3 is 2.60 bits per heavy atom. The maximum absolute atomic E-state index is 4.24. The van der Waals surface area contributed by atoms with Gasteiger partial charge in [-0.05, 0) is 34.3 Å². The number of aryl methyl sites for hydroxylation is 2. The van der Waals surface area contributed by atoms with Crippen LogP contribution < -0.4 is 0 Å². The molecule has 2 aromatic rings. The SMILES string of the molecule is Brc1cncnc1CCc1ccccc1. The zero-order chi connectivity index (χ0) is 10.5. The first-order valence-electron chi connectivity index (χ1n) is 4.84. The Kier molecular flexibility index (Phi) is 3.45. The van der Waals surface area contributed by atoms with Gasteiger partial charge < -0.3 is 0 Å². The van der Waals surface area contributed by atoms with Gasteiger partial charge in [0.25, 0.3) is 0 Å². The molecular formula is C12H11BrN2. The lowest BCUT2D eigenvalue weighted by atomic mass is 10.1. The van der Waals surface area contributed by atoms with E-state index in [0.29, 0.717) is 0 Å². The van der Waals surface area contributed by atoms with Crippen molar-refractivity contribution in [1.82, 2.24) is 9.97 Å². The number of nitrogens with zero attached hydrogens (tertiary/aromatic N) is 2. The van der Waals surface area contributed by atoms with Crippen LogP contribution in [-0.4, -0.2) is 9.97 Å². The molecule has 2 rings (SSSR count). The summed E-state index contributed by atoms with van der Waals surface area (Å²) in [4.78, 5) is 8.18. The highest BCUT2D eigenvalue weighted by atomic mass is 79.9. The normalized spacial score (nSPS) is 10.2. The highest BCUT2D eigenvalue weighted by Gasteiger charge is 2.00. The Hall–Kier alpha value is -1.22. The molecule has 2 nitrogen and oxygen atoms in total. The summed E-state index contributed by atoms with van der Waals surface area (Å²) < 4.78 is 0.987. The predicted octanol–water partition coefficient (Wildman–Crippen LogP) is 3.02. The van der Waals surface area contributed by atoms with E-state index >= 15 is 0 Å². The summed E-state index contributed by atoms with van der Waals surface area (Å²) in [5, 5.41) is 0. The minimum Gasteiger partial charge on any atom is -0.244 e. The second-order valence-electron chi connectivity index (χ2n) is 3.30. The van der Waals surface area contributed by atoms with E-state index in [-0.39, 0.29) is 0 Å². The summed E-state index contributed by atoms with van der Waals surface area (Å²) in [6.45, 7) is 0. The number of rotatable bonds is 3. The van der Waals surface area contributed by atoms with Crippen molar-refractivity contribution in [3.8, 4) is 0 Å². The van der Waals surface area contributed by atoms with Crippen LogP contribution in [0, 0.1) is 0 Å². The van der Waals surface area contributed by atoms with Crippen LogP contribution in [0.2, 0.25) is 0 Å². The van der Waals surface area contributed by atoms with Gasteiger partial charge in [-0.15, -0.1) is 0 Å². The monoisotopic (exact) mass is 262 g/mol. The van der Waals surface area contributed by atoms with Gasteiger partial charge in [-0.1, -0.05) is 30.3 Å². The molecule has 0 aliphatic carbocycles. The van der Waals surface area contributed by atoms with Gasteiger partial charge in [0.1, 0.15) is 6.33 Å². The summed E-state index contributed by atoms with van der Waals surface area (Å²) in [5.41, 5.74) is 2.40. The molecule has 0 aliphatic rings. The number of benzene rings is 1. The largest absolute Gasteiger partial charge is 0.244 e. The van der Waals surface area contributed by atoms with E-state index in [2.05, 4.69) is 50.2 Å². The number of aromatic nitrogens is 2. The van der Waals surface area contributed by atoms with Crippen LogP contribution in [-0.2, 0) is 12.8 Å². The first-order valence-corrected chi connectivity index (χ1v) is 5.64.